The van der Waals surface area contributed by atoms with Crippen LogP contribution in [0.4, 0.5) is 5.82 Å². The van der Waals surface area contributed by atoms with Gasteiger partial charge in [-0.15, -0.1) is 0 Å². The van der Waals surface area contributed by atoms with E-state index in [0.717, 1.165) is 22.4 Å². The lowest BCUT2D eigenvalue weighted by molar-refractivity contribution is 0.276. The van der Waals surface area contributed by atoms with Crippen molar-refractivity contribution < 1.29 is 14.6 Å². The molecule has 0 spiro atoms. The van der Waals surface area contributed by atoms with E-state index in [2.05, 4.69) is 15.1 Å². The standard InChI is InChI=1S/C21H20ClN5O3/c1-29-18-6-5-13(7-15(18)12-30-16-4-2-3-14(8-16)11-28)10-27-20-17(9-24-27)19(23)25-21(22)26-20/h2-9,28H,10-12H2,1H3,(H2,23,25,26). The number of benzene rings is 2. The summed E-state index contributed by atoms with van der Waals surface area (Å²) < 4.78 is 13.1. The number of nitrogens with two attached hydrogens (primary N) is 1. The highest BCUT2D eigenvalue weighted by Gasteiger charge is 2.12. The van der Waals surface area contributed by atoms with Crippen molar-refractivity contribution in [1.82, 2.24) is 19.7 Å². The average molecular weight is 426 g/mol. The van der Waals surface area contributed by atoms with Gasteiger partial charge < -0.3 is 20.3 Å². The van der Waals surface area contributed by atoms with Gasteiger partial charge in [0, 0.05) is 5.56 Å². The second-order valence-electron chi connectivity index (χ2n) is 6.66. The second-order valence-corrected chi connectivity index (χ2v) is 7.00. The molecule has 0 unspecified atom stereocenters. The van der Waals surface area contributed by atoms with Gasteiger partial charge in [-0.25, -0.2) is 9.67 Å². The molecule has 0 aliphatic heterocycles. The van der Waals surface area contributed by atoms with Crippen molar-refractivity contribution in [2.45, 2.75) is 19.8 Å². The maximum Gasteiger partial charge on any atom is 0.226 e. The van der Waals surface area contributed by atoms with Crippen LogP contribution in [-0.2, 0) is 19.8 Å². The molecule has 3 N–H and O–H groups in total. The molecule has 2 aromatic heterocycles. The Morgan fingerprint density at radius 3 is 2.80 bits per heavy atom. The molecule has 0 radical (unpaired) electrons. The average Bonchev–Trinajstić information content (AvgIpc) is 3.15. The summed E-state index contributed by atoms with van der Waals surface area (Å²) in [5.41, 5.74) is 9.13. The minimum atomic E-state index is -0.0358. The molecule has 0 atom stereocenters. The van der Waals surface area contributed by atoms with Crippen molar-refractivity contribution in [2.24, 2.45) is 0 Å². The number of rotatable bonds is 7. The number of aliphatic hydroxyl groups is 1. The number of fused-ring (bicyclic) bond motifs is 1. The molecular formula is C21H20ClN5O3. The second kappa shape index (κ2) is 8.56. The van der Waals surface area contributed by atoms with E-state index in [9.17, 15) is 5.11 Å². The quantitative estimate of drug-likeness (QED) is 0.437. The SMILES string of the molecule is COc1ccc(Cn2ncc3c(N)nc(Cl)nc32)cc1COc1cccc(CO)c1. The van der Waals surface area contributed by atoms with Gasteiger partial charge in [0.05, 0.1) is 31.8 Å². The molecule has 4 aromatic rings. The predicted octanol–water partition coefficient (Wildman–Crippen LogP) is 3.19. The third kappa shape index (κ3) is 4.14. The number of halogens is 1. The third-order valence-corrected chi connectivity index (χ3v) is 4.82. The minimum absolute atomic E-state index is 0.0358. The van der Waals surface area contributed by atoms with E-state index in [1.807, 2.05) is 36.4 Å². The number of hydrogen-bond acceptors (Lipinski definition) is 7. The maximum atomic E-state index is 9.29. The smallest absolute Gasteiger partial charge is 0.226 e. The van der Waals surface area contributed by atoms with E-state index in [0.29, 0.717) is 35.8 Å². The van der Waals surface area contributed by atoms with Crippen LogP contribution in [0.1, 0.15) is 16.7 Å². The van der Waals surface area contributed by atoms with E-state index >= 15 is 0 Å². The Hall–Kier alpha value is -3.36. The molecule has 0 aliphatic carbocycles. The van der Waals surface area contributed by atoms with Crippen LogP contribution in [0, 0.1) is 0 Å². The Kier molecular flexibility index (Phi) is 5.69. The first-order valence-electron chi connectivity index (χ1n) is 9.20. The van der Waals surface area contributed by atoms with Crippen molar-refractivity contribution in [1.29, 1.82) is 0 Å². The van der Waals surface area contributed by atoms with Gasteiger partial charge in [0.2, 0.25) is 5.28 Å². The molecule has 0 aliphatic rings. The van der Waals surface area contributed by atoms with Gasteiger partial charge in [0.1, 0.15) is 23.9 Å². The lowest BCUT2D eigenvalue weighted by atomic mass is 10.1. The molecule has 2 aromatic carbocycles. The van der Waals surface area contributed by atoms with Gasteiger partial charge in [0.15, 0.2) is 5.65 Å². The summed E-state index contributed by atoms with van der Waals surface area (Å²) in [4.78, 5) is 8.20. The fraction of sp³-hybridized carbons (Fsp3) is 0.190. The van der Waals surface area contributed by atoms with Crippen molar-refractivity contribution in [2.75, 3.05) is 12.8 Å². The summed E-state index contributed by atoms with van der Waals surface area (Å²) in [6, 6.07) is 13.2. The number of nitrogens with zero attached hydrogens (tertiary/aromatic N) is 4. The zero-order chi connectivity index (χ0) is 21.1. The Labute approximate surface area is 177 Å². The van der Waals surface area contributed by atoms with Crippen LogP contribution >= 0.6 is 11.6 Å². The molecule has 0 fully saturated rings. The highest BCUT2D eigenvalue weighted by Crippen LogP contribution is 2.25. The fourth-order valence-corrected chi connectivity index (χ4v) is 3.35. The van der Waals surface area contributed by atoms with Crippen LogP contribution in [0.15, 0.2) is 48.7 Å². The molecule has 0 amide bonds. The summed E-state index contributed by atoms with van der Waals surface area (Å²) >= 11 is 5.95. The molecular weight excluding hydrogens is 406 g/mol. The van der Waals surface area contributed by atoms with Crippen molar-refractivity contribution in [3.05, 3.63) is 70.6 Å². The van der Waals surface area contributed by atoms with Gasteiger partial charge in [0.25, 0.3) is 0 Å². The Morgan fingerprint density at radius 1 is 1.13 bits per heavy atom. The highest BCUT2D eigenvalue weighted by atomic mass is 35.5. The summed E-state index contributed by atoms with van der Waals surface area (Å²) in [5.74, 6) is 1.69. The number of aromatic nitrogens is 4. The van der Waals surface area contributed by atoms with Crippen molar-refractivity contribution in [3.63, 3.8) is 0 Å². The molecule has 9 heteroatoms. The van der Waals surface area contributed by atoms with E-state index in [1.54, 1.807) is 24.1 Å². The van der Waals surface area contributed by atoms with Gasteiger partial charge in [-0.3, -0.25) is 0 Å². The number of aliphatic hydroxyl groups excluding tert-OH is 1. The van der Waals surface area contributed by atoms with E-state index in [4.69, 9.17) is 26.8 Å². The molecule has 2 heterocycles. The molecule has 0 saturated heterocycles. The van der Waals surface area contributed by atoms with Crippen molar-refractivity contribution in [3.8, 4) is 11.5 Å². The predicted molar refractivity (Wildman–Crippen MR) is 114 cm³/mol. The monoisotopic (exact) mass is 425 g/mol. The molecule has 154 valence electrons. The fourth-order valence-electron chi connectivity index (χ4n) is 3.18. The molecule has 4 rings (SSSR count). The zero-order valence-electron chi connectivity index (χ0n) is 16.2. The van der Waals surface area contributed by atoms with Gasteiger partial charge in [-0.2, -0.15) is 10.1 Å². The summed E-state index contributed by atoms with van der Waals surface area (Å²) in [5, 5.41) is 14.4. The number of hydrogen-bond donors (Lipinski definition) is 2. The maximum absolute atomic E-state index is 9.29. The number of methoxy groups -OCH3 is 1. The van der Waals surface area contributed by atoms with E-state index in [1.165, 1.54) is 0 Å². The largest absolute Gasteiger partial charge is 0.496 e. The Balaban J connectivity index is 1.58. The van der Waals surface area contributed by atoms with Crippen LogP contribution in [0.3, 0.4) is 0 Å². The van der Waals surface area contributed by atoms with Crippen LogP contribution in [0.2, 0.25) is 5.28 Å². The van der Waals surface area contributed by atoms with Crippen LogP contribution in [0.25, 0.3) is 11.0 Å². The molecule has 8 nitrogen and oxygen atoms in total. The van der Waals surface area contributed by atoms with Gasteiger partial charge >= 0.3 is 0 Å². The zero-order valence-corrected chi connectivity index (χ0v) is 17.0. The first-order valence-corrected chi connectivity index (χ1v) is 9.58. The Bertz CT molecular complexity index is 1190. The molecule has 0 saturated carbocycles. The first-order chi connectivity index (χ1) is 14.6. The van der Waals surface area contributed by atoms with Crippen LogP contribution in [-0.4, -0.2) is 32.0 Å². The summed E-state index contributed by atoms with van der Waals surface area (Å²) in [6.07, 6.45) is 1.63. The van der Waals surface area contributed by atoms with Gasteiger partial charge in [-0.05, 0) is 47.0 Å². The highest BCUT2D eigenvalue weighted by molar-refractivity contribution is 6.28. The topological polar surface area (TPSA) is 108 Å². The minimum Gasteiger partial charge on any atom is -0.496 e. The number of nitrogen functional groups attached to an aromatic ring is 1. The van der Waals surface area contributed by atoms with Crippen LogP contribution in [0.5, 0.6) is 11.5 Å². The number of ether oxygens (including phenoxy) is 2. The van der Waals surface area contributed by atoms with Crippen LogP contribution < -0.4 is 15.2 Å². The lowest BCUT2D eigenvalue weighted by Gasteiger charge is -2.13. The lowest BCUT2D eigenvalue weighted by Crippen LogP contribution is -2.06. The van der Waals surface area contributed by atoms with E-state index < -0.39 is 0 Å². The molecule has 0 bridgehead atoms. The number of anilines is 1. The first kappa shape index (κ1) is 19.9. The van der Waals surface area contributed by atoms with E-state index in [-0.39, 0.29) is 11.9 Å². The summed E-state index contributed by atoms with van der Waals surface area (Å²) in [7, 11) is 1.62. The third-order valence-electron chi connectivity index (χ3n) is 4.65. The summed E-state index contributed by atoms with van der Waals surface area (Å²) in [6.45, 7) is 0.742. The molecule has 30 heavy (non-hydrogen) atoms. The normalized spacial score (nSPS) is 11.0. The van der Waals surface area contributed by atoms with Crippen molar-refractivity contribution >= 4 is 28.5 Å². The van der Waals surface area contributed by atoms with Gasteiger partial charge in [-0.1, -0.05) is 18.2 Å². The Morgan fingerprint density at radius 2 is 2.00 bits per heavy atom.